The molecule has 2 aromatic carbocycles. The van der Waals surface area contributed by atoms with E-state index in [1.807, 2.05) is 24.3 Å². The van der Waals surface area contributed by atoms with Crippen molar-refractivity contribution in [2.24, 2.45) is 0 Å². The molecule has 0 saturated carbocycles. The number of hydrogen-bond donors (Lipinski definition) is 0. The maximum absolute atomic E-state index is 13.9. The Labute approximate surface area is 181 Å². The van der Waals surface area contributed by atoms with E-state index in [0.717, 1.165) is 11.5 Å². The topological polar surface area (TPSA) is 70.6 Å². The van der Waals surface area contributed by atoms with E-state index >= 15 is 0 Å². The summed E-state index contributed by atoms with van der Waals surface area (Å²) in [6.45, 7) is 2.14. The lowest BCUT2D eigenvalue weighted by molar-refractivity contribution is 0.0829. The number of carbonyl (C=O) groups excluding carboxylic acids is 1. The first-order valence-corrected chi connectivity index (χ1v) is 11.5. The van der Waals surface area contributed by atoms with Crippen molar-refractivity contribution < 1.29 is 17.6 Å². The number of aromatic nitrogens is 1. The Morgan fingerprint density at radius 3 is 2.61 bits per heavy atom. The number of hydrogen-bond acceptors (Lipinski definition) is 4. The first kappa shape index (κ1) is 21.4. The molecule has 1 aromatic heterocycles. The minimum Gasteiger partial charge on any atom is -0.345 e. The van der Waals surface area contributed by atoms with E-state index < -0.39 is 15.8 Å². The largest absolute Gasteiger partial charge is 0.345 e. The second-order valence-electron chi connectivity index (χ2n) is 8.07. The molecule has 1 fully saturated rings. The smallest absolute Gasteiger partial charge is 0.254 e. The van der Waals surface area contributed by atoms with Gasteiger partial charge in [0.2, 0.25) is 10.0 Å². The van der Waals surface area contributed by atoms with Gasteiger partial charge < -0.3 is 4.90 Å². The zero-order chi connectivity index (χ0) is 22.3. The van der Waals surface area contributed by atoms with Crippen LogP contribution in [0.3, 0.4) is 0 Å². The summed E-state index contributed by atoms with van der Waals surface area (Å²) in [6.07, 6.45) is 0.578. The van der Waals surface area contributed by atoms with Crippen molar-refractivity contribution in [3.05, 3.63) is 71.2 Å². The molecule has 0 unspecified atom stereocenters. The van der Waals surface area contributed by atoms with Gasteiger partial charge in [0, 0.05) is 44.2 Å². The Kier molecular flexibility index (Phi) is 5.53. The lowest BCUT2D eigenvalue weighted by atomic mass is 9.99. The van der Waals surface area contributed by atoms with Crippen molar-refractivity contribution in [2.45, 2.75) is 24.2 Å². The van der Waals surface area contributed by atoms with Crippen LogP contribution >= 0.6 is 0 Å². The average molecular weight is 442 g/mol. The van der Waals surface area contributed by atoms with E-state index in [1.165, 1.54) is 21.3 Å². The number of halogens is 1. The number of benzene rings is 2. The SMILES string of the molecule is Cc1ccc(S(=O)(=O)N2CC[C@H](c3cc(C(=O)N(C)C)c4ccccc4n3)C2)cc1F. The molecular formula is C23H24FN3O3S. The van der Waals surface area contributed by atoms with Gasteiger partial charge in [-0.05, 0) is 43.2 Å². The quantitative estimate of drug-likeness (QED) is 0.621. The molecule has 1 aliphatic rings. The van der Waals surface area contributed by atoms with Crippen LogP contribution in [-0.4, -0.2) is 55.7 Å². The molecule has 4 rings (SSSR count). The van der Waals surface area contributed by atoms with Gasteiger partial charge in [-0.15, -0.1) is 0 Å². The van der Waals surface area contributed by atoms with Crippen LogP contribution in [0.15, 0.2) is 53.4 Å². The van der Waals surface area contributed by atoms with Gasteiger partial charge in [0.25, 0.3) is 5.91 Å². The van der Waals surface area contributed by atoms with E-state index in [0.29, 0.717) is 35.3 Å². The number of carbonyl (C=O) groups is 1. The third-order valence-corrected chi connectivity index (χ3v) is 7.58. The van der Waals surface area contributed by atoms with Crippen molar-refractivity contribution in [3.63, 3.8) is 0 Å². The minimum absolute atomic E-state index is 0.0498. The lowest BCUT2D eigenvalue weighted by Crippen LogP contribution is -2.29. The van der Waals surface area contributed by atoms with E-state index in [-0.39, 0.29) is 23.3 Å². The van der Waals surface area contributed by atoms with Crippen LogP contribution in [0, 0.1) is 12.7 Å². The van der Waals surface area contributed by atoms with Crippen LogP contribution < -0.4 is 0 Å². The molecule has 0 bridgehead atoms. The normalized spacial score (nSPS) is 17.2. The van der Waals surface area contributed by atoms with Crippen LogP contribution in [0.4, 0.5) is 4.39 Å². The Morgan fingerprint density at radius 1 is 1.16 bits per heavy atom. The van der Waals surface area contributed by atoms with Crippen LogP contribution in [0.1, 0.15) is 34.0 Å². The Balaban J connectivity index is 1.67. The van der Waals surface area contributed by atoms with Gasteiger partial charge in [0.1, 0.15) is 5.82 Å². The highest BCUT2D eigenvalue weighted by Crippen LogP contribution is 2.32. The van der Waals surface area contributed by atoms with E-state index in [9.17, 15) is 17.6 Å². The fourth-order valence-electron chi connectivity index (χ4n) is 3.89. The summed E-state index contributed by atoms with van der Waals surface area (Å²) < 4.78 is 41.4. The highest BCUT2D eigenvalue weighted by atomic mass is 32.2. The van der Waals surface area contributed by atoms with Crippen LogP contribution in [0.5, 0.6) is 0 Å². The minimum atomic E-state index is -3.81. The summed E-state index contributed by atoms with van der Waals surface area (Å²) in [7, 11) is -0.418. The van der Waals surface area contributed by atoms with E-state index in [2.05, 4.69) is 0 Å². The number of nitrogens with zero attached hydrogens (tertiary/aromatic N) is 3. The Hall–Kier alpha value is -2.84. The number of sulfonamides is 1. The summed E-state index contributed by atoms with van der Waals surface area (Å²) in [4.78, 5) is 18.9. The van der Waals surface area contributed by atoms with Gasteiger partial charge in [-0.3, -0.25) is 9.78 Å². The van der Waals surface area contributed by atoms with Gasteiger partial charge in [0.15, 0.2) is 0 Å². The molecule has 3 aromatic rings. The molecule has 1 amide bonds. The van der Waals surface area contributed by atoms with Gasteiger partial charge in [-0.2, -0.15) is 4.31 Å². The molecule has 0 N–H and O–H groups in total. The fourth-order valence-corrected chi connectivity index (χ4v) is 5.41. The number of amides is 1. The first-order chi connectivity index (χ1) is 14.7. The van der Waals surface area contributed by atoms with Gasteiger partial charge in [-0.25, -0.2) is 12.8 Å². The van der Waals surface area contributed by atoms with Crippen molar-refractivity contribution in [1.29, 1.82) is 0 Å². The zero-order valence-corrected chi connectivity index (χ0v) is 18.5. The standard InChI is InChI=1S/C23H24FN3O3S/c1-15-8-9-17(12-20(15)24)31(29,30)27-11-10-16(14-27)22-13-19(23(28)26(2)3)18-6-4-5-7-21(18)25-22/h4-9,12-13,16H,10-11,14H2,1-3H3/t16-/m0/s1. The number of pyridine rings is 1. The molecule has 162 valence electrons. The van der Waals surface area contributed by atoms with Crippen LogP contribution in [0.25, 0.3) is 10.9 Å². The highest BCUT2D eigenvalue weighted by Gasteiger charge is 2.34. The maximum Gasteiger partial charge on any atom is 0.254 e. The third kappa shape index (κ3) is 3.93. The van der Waals surface area contributed by atoms with Crippen LogP contribution in [0.2, 0.25) is 0 Å². The zero-order valence-electron chi connectivity index (χ0n) is 17.7. The fraction of sp³-hybridized carbons (Fsp3) is 0.304. The summed E-state index contributed by atoms with van der Waals surface area (Å²) in [5.74, 6) is -0.819. The van der Waals surface area contributed by atoms with Crippen LogP contribution in [-0.2, 0) is 10.0 Å². The number of aryl methyl sites for hydroxylation is 1. The number of para-hydroxylation sites is 1. The van der Waals surface area contributed by atoms with Gasteiger partial charge >= 0.3 is 0 Å². The first-order valence-electron chi connectivity index (χ1n) is 10.1. The molecular weight excluding hydrogens is 417 g/mol. The summed E-state index contributed by atoms with van der Waals surface area (Å²) in [6, 6.07) is 13.2. The van der Waals surface area contributed by atoms with Crippen molar-refractivity contribution >= 4 is 26.8 Å². The Bertz CT molecular complexity index is 1270. The predicted octanol–water partition coefficient (Wildman–Crippen LogP) is 3.56. The summed E-state index contributed by atoms with van der Waals surface area (Å²) in [5, 5.41) is 0.766. The van der Waals surface area contributed by atoms with E-state index in [1.54, 1.807) is 27.1 Å². The second kappa shape index (κ2) is 8.01. The number of rotatable bonds is 4. The second-order valence-corrected chi connectivity index (χ2v) is 10.0. The molecule has 6 nitrogen and oxygen atoms in total. The lowest BCUT2D eigenvalue weighted by Gasteiger charge is -2.18. The molecule has 1 atom stereocenters. The predicted molar refractivity (Wildman–Crippen MR) is 117 cm³/mol. The monoisotopic (exact) mass is 441 g/mol. The van der Waals surface area contributed by atoms with Gasteiger partial charge in [-0.1, -0.05) is 24.3 Å². The molecule has 0 radical (unpaired) electrons. The maximum atomic E-state index is 13.9. The third-order valence-electron chi connectivity index (χ3n) is 5.72. The average Bonchev–Trinajstić information content (AvgIpc) is 3.25. The number of fused-ring (bicyclic) bond motifs is 1. The molecule has 0 aliphatic carbocycles. The van der Waals surface area contributed by atoms with Crippen molar-refractivity contribution in [2.75, 3.05) is 27.2 Å². The van der Waals surface area contributed by atoms with Crippen molar-refractivity contribution in [1.82, 2.24) is 14.2 Å². The van der Waals surface area contributed by atoms with Crippen molar-refractivity contribution in [3.8, 4) is 0 Å². The molecule has 0 spiro atoms. The van der Waals surface area contributed by atoms with E-state index in [4.69, 9.17) is 4.98 Å². The molecule has 31 heavy (non-hydrogen) atoms. The Morgan fingerprint density at radius 2 is 1.90 bits per heavy atom. The molecule has 8 heteroatoms. The summed E-state index contributed by atoms with van der Waals surface area (Å²) in [5.41, 5.74) is 2.34. The highest BCUT2D eigenvalue weighted by molar-refractivity contribution is 7.89. The molecule has 1 aliphatic heterocycles. The van der Waals surface area contributed by atoms with Gasteiger partial charge in [0.05, 0.1) is 16.0 Å². The summed E-state index contributed by atoms with van der Waals surface area (Å²) >= 11 is 0. The molecule has 2 heterocycles. The molecule has 1 saturated heterocycles.